The summed E-state index contributed by atoms with van der Waals surface area (Å²) >= 11 is 6.34. The lowest BCUT2D eigenvalue weighted by Crippen LogP contribution is -2.36. The molecule has 1 aliphatic carbocycles. The number of aryl methyl sites for hydroxylation is 1. The fourth-order valence-electron chi connectivity index (χ4n) is 4.42. The van der Waals surface area contributed by atoms with E-state index in [2.05, 4.69) is 0 Å². The number of carbonyl (C=O) groups excluding carboxylic acids is 2. The van der Waals surface area contributed by atoms with Crippen molar-refractivity contribution < 1.29 is 22.7 Å². The standard InChI is InChI=1S/C21H27ClO5S/c1-11(2)27-17-8-9-28(25,26)21-12(3)10-14(13(4)18(17)21)20(24)19-15(22)6-5-7-16(19)23/h10-11,15,17,19H,5-9H2,1-4H3. The molecule has 0 aromatic heterocycles. The zero-order chi connectivity index (χ0) is 20.8. The minimum atomic E-state index is -3.44. The summed E-state index contributed by atoms with van der Waals surface area (Å²) in [4.78, 5) is 25.9. The number of ether oxygens (including phenoxy) is 1. The number of hydrogen-bond donors (Lipinski definition) is 0. The van der Waals surface area contributed by atoms with E-state index < -0.39 is 21.1 Å². The minimum absolute atomic E-state index is 0.0236. The molecule has 1 saturated carbocycles. The van der Waals surface area contributed by atoms with Gasteiger partial charge in [0, 0.05) is 17.5 Å². The summed E-state index contributed by atoms with van der Waals surface area (Å²) in [5, 5.41) is -0.518. The zero-order valence-electron chi connectivity index (χ0n) is 16.7. The third-order valence-electron chi connectivity index (χ3n) is 5.65. The van der Waals surface area contributed by atoms with Crippen molar-refractivity contribution >= 4 is 33.0 Å². The van der Waals surface area contributed by atoms with Crippen molar-refractivity contribution in [3.63, 3.8) is 0 Å². The molecule has 1 aromatic rings. The van der Waals surface area contributed by atoms with Crippen LogP contribution in [0.25, 0.3) is 0 Å². The van der Waals surface area contributed by atoms with Crippen LogP contribution in [0.2, 0.25) is 0 Å². The molecule has 1 aliphatic heterocycles. The van der Waals surface area contributed by atoms with Crippen LogP contribution in [-0.4, -0.2) is 37.2 Å². The van der Waals surface area contributed by atoms with E-state index in [1.807, 2.05) is 13.8 Å². The van der Waals surface area contributed by atoms with Gasteiger partial charge in [0.15, 0.2) is 15.6 Å². The van der Waals surface area contributed by atoms with Gasteiger partial charge < -0.3 is 4.74 Å². The summed E-state index contributed by atoms with van der Waals surface area (Å²) in [6.07, 6.45) is 1.56. The summed E-state index contributed by atoms with van der Waals surface area (Å²) in [6, 6.07) is 1.61. The van der Waals surface area contributed by atoms with Gasteiger partial charge in [-0.15, -0.1) is 11.6 Å². The Bertz CT molecular complexity index is 919. The molecule has 3 rings (SSSR count). The number of Topliss-reactive ketones (excluding diaryl/α,β-unsaturated/α-hetero) is 2. The Morgan fingerprint density at radius 1 is 1.25 bits per heavy atom. The van der Waals surface area contributed by atoms with E-state index in [0.717, 1.165) is 0 Å². The number of rotatable bonds is 4. The third kappa shape index (κ3) is 3.79. The number of hydrogen-bond acceptors (Lipinski definition) is 5. The first-order chi connectivity index (χ1) is 13.0. The van der Waals surface area contributed by atoms with Crippen LogP contribution in [0, 0.1) is 19.8 Å². The zero-order valence-corrected chi connectivity index (χ0v) is 18.3. The monoisotopic (exact) mass is 426 g/mol. The van der Waals surface area contributed by atoms with E-state index in [4.69, 9.17) is 16.3 Å². The highest BCUT2D eigenvalue weighted by atomic mass is 35.5. The van der Waals surface area contributed by atoms with Gasteiger partial charge in [0.05, 0.1) is 34.2 Å². The Labute approximate surface area is 171 Å². The topological polar surface area (TPSA) is 77.5 Å². The van der Waals surface area contributed by atoms with Gasteiger partial charge in [-0.1, -0.05) is 0 Å². The Hall–Kier alpha value is -1.24. The summed E-state index contributed by atoms with van der Waals surface area (Å²) in [7, 11) is -3.44. The Morgan fingerprint density at radius 2 is 1.93 bits per heavy atom. The van der Waals surface area contributed by atoms with E-state index in [1.54, 1.807) is 19.9 Å². The maximum Gasteiger partial charge on any atom is 0.179 e. The first kappa shape index (κ1) is 21.5. The fraction of sp³-hybridized carbons (Fsp3) is 0.619. The fourth-order valence-corrected chi connectivity index (χ4v) is 6.73. The molecular weight excluding hydrogens is 400 g/mol. The molecule has 3 unspecified atom stereocenters. The highest BCUT2D eigenvalue weighted by Gasteiger charge is 2.40. The van der Waals surface area contributed by atoms with Gasteiger partial charge in [0.1, 0.15) is 5.78 Å². The number of carbonyl (C=O) groups is 2. The Kier molecular flexibility index (Phi) is 6.04. The number of benzene rings is 1. The van der Waals surface area contributed by atoms with Gasteiger partial charge in [-0.25, -0.2) is 8.42 Å². The average Bonchev–Trinajstić information content (AvgIpc) is 2.58. The molecule has 5 nitrogen and oxygen atoms in total. The van der Waals surface area contributed by atoms with Crippen molar-refractivity contribution in [1.82, 2.24) is 0 Å². The number of halogens is 1. The third-order valence-corrected chi connectivity index (χ3v) is 8.06. The summed E-state index contributed by atoms with van der Waals surface area (Å²) < 4.78 is 31.5. The van der Waals surface area contributed by atoms with Crippen LogP contribution in [-0.2, 0) is 19.4 Å². The highest BCUT2D eigenvalue weighted by Crippen LogP contribution is 2.41. The SMILES string of the molecule is Cc1cc(C(=O)C2C(=O)CCCC2Cl)c(C)c2c1S(=O)(=O)CCC2OC(C)C. The molecule has 0 radical (unpaired) electrons. The van der Waals surface area contributed by atoms with Gasteiger partial charge >= 0.3 is 0 Å². The quantitative estimate of drug-likeness (QED) is 0.411. The number of ketones is 2. The molecule has 0 bridgehead atoms. The molecule has 0 amide bonds. The second-order valence-electron chi connectivity index (χ2n) is 8.11. The van der Waals surface area contributed by atoms with E-state index in [1.165, 1.54) is 0 Å². The molecule has 1 heterocycles. The first-order valence-electron chi connectivity index (χ1n) is 9.78. The van der Waals surface area contributed by atoms with Crippen LogP contribution in [0.5, 0.6) is 0 Å². The smallest absolute Gasteiger partial charge is 0.179 e. The normalized spacial score (nSPS) is 26.9. The lowest BCUT2D eigenvalue weighted by Gasteiger charge is -2.32. The van der Waals surface area contributed by atoms with Gasteiger partial charge in [-0.05, 0) is 64.2 Å². The van der Waals surface area contributed by atoms with Gasteiger partial charge in [-0.3, -0.25) is 9.59 Å². The maximum absolute atomic E-state index is 13.3. The molecule has 0 spiro atoms. The van der Waals surface area contributed by atoms with Crippen LogP contribution in [0.15, 0.2) is 11.0 Å². The molecule has 154 valence electrons. The molecule has 7 heteroatoms. The largest absolute Gasteiger partial charge is 0.371 e. The number of sulfone groups is 1. The Morgan fingerprint density at radius 3 is 2.54 bits per heavy atom. The molecule has 0 N–H and O–H groups in total. The predicted molar refractivity (Wildman–Crippen MR) is 108 cm³/mol. The first-order valence-corrected chi connectivity index (χ1v) is 11.9. The number of alkyl halides is 1. The van der Waals surface area contributed by atoms with Crippen molar-refractivity contribution in [1.29, 1.82) is 0 Å². The van der Waals surface area contributed by atoms with Crippen molar-refractivity contribution in [2.24, 2.45) is 5.92 Å². The van der Waals surface area contributed by atoms with Crippen molar-refractivity contribution in [2.45, 2.75) is 75.9 Å². The predicted octanol–water partition coefficient (Wildman–Crippen LogP) is 4.11. The molecule has 0 saturated heterocycles. The van der Waals surface area contributed by atoms with Gasteiger partial charge in [0.25, 0.3) is 0 Å². The summed E-state index contributed by atoms with van der Waals surface area (Å²) in [5.41, 5.74) is 2.06. The van der Waals surface area contributed by atoms with E-state index in [0.29, 0.717) is 47.9 Å². The summed E-state index contributed by atoms with van der Waals surface area (Å²) in [6.45, 7) is 7.25. The van der Waals surface area contributed by atoms with Crippen molar-refractivity contribution in [2.75, 3.05) is 5.75 Å². The van der Waals surface area contributed by atoms with Crippen LogP contribution < -0.4 is 0 Å². The van der Waals surface area contributed by atoms with Gasteiger partial charge in [-0.2, -0.15) is 0 Å². The lowest BCUT2D eigenvalue weighted by atomic mass is 9.80. The van der Waals surface area contributed by atoms with E-state index in [-0.39, 0.29) is 34.4 Å². The molecular formula is C21H27ClO5S. The molecule has 1 fully saturated rings. The van der Waals surface area contributed by atoms with Crippen LogP contribution in [0.1, 0.15) is 72.7 Å². The maximum atomic E-state index is 13.3. The molecule has 28 heavy (non-hydrogen) atoms. The molecule has 1 aromatic carbocycles. The van der Waals surface area contributed by atoms with E-state index >= 15 is 0 Å². The summed E-state index contributed by atoms with van der Waals surface area (Å²) in [5.74, 6) is -1.28. The average molecular weight is 427 g/mol. The Balaban J connectivity index is 2.16. The van der Waals surface area contributed by atoms with Crippen molar-refractivity contribution in [3.05, 3.63) is 28.3 Å². The molecule has 2 aliphatic rings. The number of fused-ring (bicyclic) bond motifs is 1. The van der Waals surface area contributed by atoms with Crippen LogP contribution in [0.4, 0.5) is 0 Å². The van der Waals surface area contributed by atoms with Crippen LogP contribution >= 0.6 is 11.6 Å². The van der Waals surface area contributed by atoms with Gasteiger partial charge in [0.2, 0.25) is 0 Å². The molecule has 3 atom stereocenters. The van der Waals surface area contributed by atoms with E-state index in [9.17, 15) is 18.0 Å². The highest BCUT2D eigenvalue weighted by molar-refractivity contribution is 7.91. The van der Waals surface area contributed by atoms with Crippen LogP contribution in [0.3, 0.4) is 0 Å². The lowest BCUT2D eigenvalue weighted by molar-refractivity contribution is -0.122. The second-order valence-corrected chi connectivity index (χ2v) is 10.7. The second kappa shape index (κ2) is 7.88. The minimum Gasteiger partial charge on any atom is -0.371 e. The van der Waals surface area contributed by atoms with Crippen molar-refractivity contribution in [3.8, 4) is 0 Å².